The van der Waals surface area contributed by atoms with Crippen molar-refractivity contribution in [1.82, 2.24) is 5.32 Å². The summed E-state index contributed by atoms with van der Waals surface area (Å²) in [4.78, 5) is 0. The molecule has 3 rings (SSSR count). The largest absolute Gasteiger partial charge is 0.316 e. The summed E-state index contributed by atoms with van der Waals surface area (Å²) in [6, 6.07) is 4.17. The smallest absolute Gasteiger partial charge is 0.126 e. The highest BCUT2D eigenvalue weighted by molar-refractivity contribution is 5.19. The molecule has 2 fully saturated rings. The van der Waals surface area contributed by atoms with Crippen molar-refractivity contribution in [2.45, 2.75) is 31.7 Å². The number of likely N-dealkylation sites (N-methyl/N-ethyl adjacent to an activating group) is 1. The van der Waals surface area contributed by atoms with Gasteiger partial charge in [-0.3, -0.25) is 0 Å². The van der Waals surface area contributed by atoms with Gasteiger partial charge in [-0.05, 0) is 68.2 Å². The Morgan fingerprint density at radius 2 is 1.72 bits per heavy atom. The van der Waals surface area contributed by atoms with Crippen LogP contribution in [0.2, 0.25) is 0 Å². The molecule has 2 saturated carbocycles. The van der Waals surface area contributed by atoms with Gasteiger partial charge in [-0.1, -0.05) is 0 Å². The minimum Gasteiger partial charge on any atom is -0.316 e. The van der Waals surface area contributed by atoms with Crippen LogP contribution < -0.4 is 5.32 Å². The standard InChI is InChI=1S/C15H19F2N/c1-18-15(12-6-10-5-11(10)7-12)4-9-2-13(16)8-14(17)3-9/h2-3,8,10-12,15,18H,4-7H2,1H3. The fourth-order valence-electron chi connectivity index (χ4n) is 3.58. The van der Waals surface area contributed by atoms with E-state index >= 15 is 0 Å². The lowest BCUT2D eigenvalue weighted by Gasteiger charge is -2.24. The first-order valence-electron chi connectivity index (χ1n) is 6.78. The topological polar surface area (TPSA) is 12.0 Å². The molecule has 18 heavy (non-hydrogen) atoms. The van der Waals surface area contributed by atoms with E-state index in [0.29, 0.717) is 12.0 Å². The normalized spacial score (nSPS) is 31.2. The number of halogens is 2. The van der Waals surface area contributed by atoms with Crippen molar-refractivity contribution < 1.29 is 8.78 Å². The Bertz CT molecular complexity index is 416. The van der Waals surface area contributed by atoms with Crippen molar-refractivity contribution >= 4 is 0 Å². The number of hydrogen-bond acceptors (Lipinski definition) is 1. The summed E-state index contributed by atoms with van der Waals surface area (Å²) in [5.41, 5.74) is 0.757. The van der Waals surface area contributed by atoms with Crippen molar-refractivity contribution in [2.24, 2.45) is 17.8 Å². The third-order valence-corrected chi connectivity index (χ3v) is 4.60. The maximum absolute atomic E-state index is 13.2. The lowest BCUT2D eigenvalue weighted by atomic mass is 9.90. The second-order valence-corrected chi connectivity index (χ2v) is 5.86. The number of nitrogens with one attached hydrogen (secondary N) is 1. The molecule has 1 aromatic rings. The predicted octanol–water partition coefficient (Wildman–Crippen LogP) is 3.14. The zero-order valence-corrected chi connectivity index (χ0v) is 10.6. The molecule has 0 heterocycles. The van der Waals surface area contributed by atoms with Gasteiger partial charge >= 0.3 is 0 Å². The van der Waals surface area contributed by atoms with Gasteiger partial charge in [0.05, 0.1) is 0 Å². The first-order valence-corrected chi connectivity index (χ1v) is 6.78. The van der Waals surface area contributed by atoms with Crippen LogP contribution in [0.5, 0.6) is 0 Å². The average molecular weight is 251 g/mol. The van der Waals surface area contributed by atoms with Crippen LogP contribution in [0, 0.1) is 29.4 Å². The molecule has 3 atom stereocenters. The molecule has 0 aliphatic heterocycles. The Morgan fingerprint density at radius 1 is 1.11 bits per heavy atom. The highest BCUT2D eigenvalue weighted by Gasteiger charge is 2.47. The van der Waals surface area contributed by atoms with E-state index in [1.807, 2.05) is 7.05 Å². The second kappa shape index (κ2) is 4.61. The summed E-state index contributed by atoms with van der Waals surface area (Å²) in [6.45, 7) is 0. The van der Waals surface area contributed by atoms with Gasteiger partial charge in [0.25, 0.3) is 0 Å². The molecule has 1 nitrogen and oxygen atoms in total. The fraction of sp³-hybridized carbons (Fsp3) is 0.600. The van der Waals surface area contributed by atoms with Crippen LogP contribution in [0.3, 0.4) is 0 Å². The molecule has 0 saturated heterocycles. The molecule has 1 N–H and O–H groups in total. The Labute approximate surface area is 107 Å². The van der Waals surface area contributed by atoms with E-state index in [1.54, 1.807) is 0 Å². The average Bonchev–Trinajstić information content (AvgIpc) is 2.92. The van der Waals surface area contributed by atoms with Gasteiger partial charge in [-0.2, -0.15) is 0 Å². The molecule has 0 amide bonds. The van der Waals surface area contributed by atoms with E-state index in [1.165, 1.54) is 31.4 Å². The maximum Gasteiger partial charge on any atom is 0.126 e. The van der Waals surface area contributed by atoms with Crippen molar-refractivity contribution in [2.75, 3.05) is 7.05 Å². The minimum absolute atomic E-state index is 0.346. The molecule has 98 valence electrons. The van der Waals surface area contributed by atoms with Crippen LogP contribution in [0.15, 0.2) is 18.2 Å². The van der Waals surface area contributed by atoms with Crippen LogP contribution in [0.25, 0.3) is 0 Å². The zero-order valence-electron chi connectivity index (χ0n) is 10.6. The summed E-state index contributed by atoms with van der Waals surface area (Å²) >= 11 is 0. The Balaban J connectivity index is 1.68. The van der Waals surface area contributed by atoms with Gasteiger partial charge in [-0.15, -0.1) is 0 Å². The summed E-state index contributed by atoms with van der Waals surface area (Å²) in [5, 5.41) is 3.33. The number of benzene rings is 1. The van der Waals surface area contributed by atoms with E-state index in [2.05, 4.69) is 5.32 Å². The molecule has 0 aromatic heterocycles. The van der Waals surface area contributed by atoms with E-state index in [0.717, 1.165) is 29.9 Å². The molecule has 0 spiro atoms. The molecule has 3 unspecified atom stereocenters. The molecule has 1 aromatic carbocycles. The first kappa shape index (κ1) is 12.1. The third-order valence-electron chi connectivity index (χ3n) is 4.60. The van der Waals surface area contributed by atoms with Crippen LogP contribution in [-0.2, 0) is 6.42 Å². The minimum atomic E-state index is -0.478. The van der Waals surface area contributed by atoms with Gasteiger partial charge in [0, 0.05) is 12.1 Å². The molecule has 3 heteroatoms. The first-order chi connectivity index (χ1) is 8.65. The van der Waals surface area contributed by atoms with Gasteiger partial charge < -0.3 is 5.32 Å². The lowest BCUT2D eigenvalue weighted by Crippen LogP contribution is -2.35. The van der Waals surface area contributed by atoms with Crippen LogP contribution in [-0.4, -0.2) is 13.1 Å². The van der Waals surface area contributed by atoms with Gasteiger partial charge in [0.1, 0.15) is 11.6 Å². The molecular formula is C15H19F2N. The van der Waals surface area contributed by atoms with Crippen LogP contribution in [0.1, 0.15) is 24.8 Å². The SMILES string of the molecule is CNC(Cc1cc(F)cc(F)c1)C1CC2CC2C1. The number of hydrogen-bond donors (Lipinski definition) is 1. The Morgan fingerprint density at radius 3 is 2.28 bits per heavy atom. The quantitative estimate of drug-likeness (QED) is 0.867. The zero-order chi connectivity index (χ0) is 12.7. The van der Waals surface area contributed by atoms with Crippen LogP contribution >= 0.6 is 0 Å². The van der Waals surface area contributed by atoms with E-state index in [4.69, 9.17) is 0 Å². The van der Waals surface area contributed by atoms with Gasteiger partial charge in [0.15, 0.2) is 0 Å². The fourth-order valence-corrected chi connectivity index (χ4v) is 3.58. The molecule has 0 bridgehead atoms. The van der Waals surface area contributed by atoms with Crippen molar-refractivity contribution in [3.05, 3.63) is 35.4 Å². The third kappa shape index (κ3) is 2.41. The lowest BCUT2D eigenvalue weighted by molar-refractivity contribution is 0.348. The Hall–Kier alpha value is -0.960. The second-order valence-electron chi connectivity index (χ2n) is 5.86. The van der Waals surface area contributed by atoms with Crippen molar-refractivity contribution in [3.63, 3.8) is 0 Å². The maximum atomic E-state index is 13.2. The van der Waals surface area contributed by atoms with Crippen molar-refractivity contribution in [1.29, 1.82) is 0 Å². The van der Waals surface area contributed by atoms with Crippen LogP contribution in [0.4, 0.5) is 8.78 Å². The highest BCUT2D eigenvalue weighted by atomic mass is 19.1. The molecule has 2 aliphatic rings. The summed E-state index contributed by atoms with van der Waals surface area (Å²) in [7, 11) is 1.95. The number of rotatable bonds is 4. The summed E-state index contributed by atoms with van der Waals surface area (Å²) in [6.07, 6.45) is 4.69. The van der Waals surface area contributed by atoms with Gasteiger partial charge in [0.2, 0.25) is 0 Å². The molecule has 2 aliphatic carbocycles. The number of fused-ring (bicyclic) bond motifs is 1. The molecular weight excluding hydrogens is 232 g/mol. The van der Waals surface area contributed by atoms with E-state index in [-0.39, 0.29) is 0 Å². The monoisotopic (exact) mass is 251 g/mol. The summed E-state index contributed by atoms with van der Waals surface area (Å²) < 4.78 is 26.3. The highest BCUT2D eigenvalue weighted by Crippen LogP contribution is 2.55. The van der Waals surface area contributed by atoms with Crippen molar-refractivity contribution in [3.8, 4) is 0 Å². The van der Waals surface area contributed by atoms with E-state index < -0.39 is 11.6 Å². The predicted molar refractivity (Wildman–Crippen MR) is 67.2 cm³/mol. The molecule has 0 radical (unpaired) electrons. The van der Waals surface area contributed by atoms with Gasteiger partial charge in [-0.25, -0.2) is 8.78 Å². The van der Waals surface area contributed by atoms with E-state index in [9.17, 15) is 8.78 Å². The Kier molecular flexibility index (Phi) is 3.10. The summed E-state index contributed by atoms with van der Waals surface area (Å²) in [5.74, 6) is 1.60.